The Bertz CT molecular complexity index is 722. The fraction of sp³-hybridized carbons (Fsp3) is 0.235. The Kier molecular flexibility index (Phi) is 5.70. The fourth-order valence-electron chi connectivity index (χ4n) is 2.25. The Morgan fingerprint density at radius 1 is 1.04 bits per heavy atom. The van der Waals surface area contributed by atoms with Gasteiger partial charge in [-0.1, -0.05) is 0 Å². The smallest absolute Gasteiger partial charge is 0.254 e. The van der Waals surface area contributed by atoms with Gasteiger partial charge in [0.05, 0.1) is 0 Å². The van der Waals surface area contributed by atoms with Gasteiger partial charge in [-0.15, -0.1) is 0 Å². The number of anilines is 2. The summed E-state index contributed by atoms with van der Waals surface area (Å²) in [6, 6.07) is 6.77. The molecule has 0 spiro atoms. The van der Waals surface area contributed by atoms with E-state index in [1.54, 1.807) is 41.5 Å². The number of rotatable bonds is 5. The first-order valence-electron chi connectivity index (χ1n) is 7.32. The highest BCUT2D eigenvalue weighted by molar-refractivity contribution is 7.07. The van der Waals surface area contributed by atoms with E-state index in [0.29, 0.717) is 23.5 Å². The number of amides is 3. The average molecular weight is 345 g/mol. The second-order valence-electron chi connectivity index (χ2n) is 5.45. The molecule has 7 heteroatoms. The van der Waals surface area contributed by atoms with E-state index in [4.69, 9.17) is 0 Å². The van der Waals surface area contributed by atoms with Crippen molar-refractivity contribution in [3.05, 3.63) is 46.2 Å². The van der Waals surface area contributed by atoms with Gasteiger partial charge in [-0.25, -0.2) is 0 Å². The quantitative estimate of drug-likeness (QED) is 0.874. The minimum atomic E-state index is -0.250. The monoisotopic (exact) mass is 345 g/mol. The van der Waals surface area contributed by atoms with Crippen molar-refractivity contribution in [1.82, 2.24) is 4.90 Å². The van der Waals surface area contributed by atoms with Crippen LogP contribution in [0.4, 0.5) is 11.4 Å². The van der Waals surface area contributed by atoms with Crippen LogP contribution in [0.1, 0.15) is 29.8 Å². The largest absolute Gasteiger partial charge is 0.337 e. The Labute approximate surface area is 144 Å². The summed E-state index contributed by atoms with van der Waals surface area (Å²) in [5.74, 6) is -0.694. The zero-order valence-electron chi connectivity index (χ0n) is 13.8. The third-order valence-electron chi connectivity index (χ3n) is 3.17. The van der Waals surface area contributed by atoms with Crippen LogP contribution in [0.3, 0.4) is 0 Å². The van der Waals surface area contributed by atoms with Crippen LogP contribution in [0.5, 0.6) is 0 Å². The third kappa shape index (κ3) is 4.92. The Morgan fingerprint density at radius 3 is 2.08 bits per heavy atom. The van der Waals surface area contributed by atoms with E-state index < -0.39 is 0 Å². The number of hydrogen-bond donors (Lipinski definition) is 2. The van der Waals surface area contributed by atoms with E-state index in [1.165, 1.54) is 13.8 Å². The van der Waals surface area contributed by atoms with Crippen LogP contribution in [0.15, 0.2) is 35.0 Å². The van der Waals surface area contributed by atoms with Crippen LogP contribution in [-0.2, 0) is 16.1 Å². The fourth-order valence-corrected chi connectivity index (χ4v) is 2.91. The van der Waals surface area contributed by atoms with Gasteiger partial charge in [0.2, 0.25) is 11.8 Å². The summed E-state index contributed by atoms with van der Waals surface area (Å²) in [5, 5.41) is 9.22. The van der Waals surface area contributed by atoms with Crippen LogP contribution in [-0.4, -0.2) is 29.7 Å². The van der Waals surface area contributed by atoms with E-state index in [1.807, 2.05) is 16.8 Å². The van der Waals surface area contributed by atoms with Gasteiger partial charge >= 0.3 is 0 Å². The highest BCUT2D eigenvalue weighted by Gasteiger charge is 2.15. The van der Waals surface area contributed by atoms with Gasteiger partial charge < -0.3 is 15.5 Å². The van der Waals surface area contributed by atoms with Crippen molar-refractivity contribution in [2.45, 2.75) is 20.4 Å². The number of nitrogens with zero attached hydrogens (tertiary/aromatic N) is 1. The number of hydrogen-bond acceptors (Lipinski definition) is 4. The van der Waals surface area contributed by atoms with Crippen LogP contribution in [0, 0.1) is 0 Å². The molecule has 0 atom stereocenters. The molecule has 1 aromatic carbocycles. The van der Waals surface area contributed by atoms with Gasteiger partial charge in [-0.05, 0) is 40.6 Å². The first-order valence-corrected chi connectivity index (χ1v) is 8.26. The van der Waals surface area contributed by atoms with Gasteiger partial charge in [-0.2, -0.15) is 11.3 Å². The molecule has 0 saturated carbocycles. The van der Waals surface area contributed by atoms with Gasteiger partial charge in [0.15, 0.2) is 0 Å². The molecule has 0 fully saturated rings. The molecule has 2 N–H and O–H groups in total. The molecule has 0 radical (unpaired) electrons. The molecule has 2 rings (SSSR count). The summed E-state index contributed by atoms with van der Waals surface area (Å²) in [6.07, 6.45) is 0. The minimum Gasteiger partial charge on any atom is -0.337 e. The summed E-state index contributed by atoms with van der Waals surface area (Å²) in [6.45, 7) is 3.26. The normalized spacial score (nSPS) is 10.1. The van der Waals surface area contributed by atoms with Crippen molar-refractivity contribution >= 4 is 40.4 Å². The zero-order chi connectivity index (χ0) is 17.7. The lowest BCUT2D eigenvalue weighted by molar-refractivity contribution is -0.115. The van der Waals surface area contributed by atoms with E-state index in [0.717, 1.165) is 5.56 Å². The number of thiophene rings is 1. The number of benzene rings is 1. The van der Waals surface area contributed by atoms with Crippen LogP contribution < -0.4 is 10.6 Å². The first-order chi connectivity index (χ1) is 11.3. The maximum absolute atomic E-state index is 12.7. The first kappa shape index (κ1) is 17.7. The standard InChI is InChI=1S/C17H19N3O3S/c1-11(21)18-15-6-14(7-16(8-15)19-12(2)22)17(23)20(3)9-13-4-5-24-10-13/h4-8,10H,9H2,1-3H3,(H,18,21)(H,19,22). The maximum Gasteiger partial charge on any atom is 0.254 e. The molecule has 2 aromatic rings. The maximum atomic E-state index is 12.7. The molecule has 0 unspecified atom stereocenters. The van der Waals surface area contributed by atoms with Crippen molar-refractivity contribution in [2.24, 2.45) is 0 Å². The summed E-state index contributed by atoms with van der Waals surface area (Å²) in [4.78, 5) is 36.8. The molecule has 0 aliphatic rings. The highest BCUT2D eigenvalue weighted by Crippen LogP contribution is 2.21. The molecular weight excluding hydrogens is 326 g/mol. The molecule has 6 nitrogen and oxygen atoms in total. The predicted octanol–water partition coefficient (Wildman–Crippen LogP) is 2.94. The van der Waals surface area contributed by atoms with E-state index in [-0.39, 0.29) is 17.7 Å². The molecule has 0 aliphatic carbocycles. The van der Waals surface area contributed by atoms with Crippen LogP contribution >= 0.6 is 11.3 Å². The van der Waals surface area contributed by atoms with Crippen LogP contribution in [0.2, 0.25) is 0 Å². The Hall–Kier alpha value is -2.67. The zero-order valence-corrected chi connectivity index (χ0v) is 14.6. The molecule has 0 aliphatic heterocycles. The molecule has 0 saturated heterocycles. The van der Waals surface area contributed by atoms with Gasteiger partial charge in [-0.3, -0.25) is 14.4 Å². The average Bonchev–Trinajstić information content (AvgIpc) is 2.97. The van der Waals surface area contributed by atoms with Crippen LogP contribution in [0.25, 0.3) is 0 Å². The Balaban J connectivity index is 2.26. The van der Waals surface area contributed by atoms with Crippen molar-refractivity contribution in [3.8, 4) is 0 Å². The Morgan fingerprint density at radius 2 is 1.62 bits per heavy atom. The lowest BCUT2D eigenvalue weighted by Crippen LogP contribution is -2.26. The molecule has 24 heavy (non-hydrogen) atoms. The van der Waals surface area contributed by atoms with E-state index >= 15 is 0 Å². The number of nitrogens with one attached hydrogen (secondary N) is 2. The van der Waals surface area contributed by atoms with Crippen molar-refractivity contribution in [2.75, 3.05) is 17.7 Å². The molecule has 1 aromatic heterocycles. The molecule has 126 valence electrons. The van der Waals surface area contributed by atoms with Gasteiger partial charge in [0, 0.05) is 44.4 Å². The van der Waals surface area contributed by atoms with E-state index in [9.17, 15) is 14.4 Å². The topological polar surface area (TPSA) is 78.5 Å². The second kappa shape index (κ2) is 7.74. The molecular formula is C17H19N3O3S. The lowest BCUT2D eigenvalue weighted by Gasteiger charge is -2.18. The lowest BCUT2D eigenvalue weighted by atomic mass is 10.1. The predicted molar refractivity (Wildman–Crippen MR) is 95.2 cm³/mol. The summed E-state index contributed by atoms with van der Waals surface area (Å²) in [7, 11) is 1.71. The van der Waals surface area contributed by atoms with E-state index in [2.05, 4.69) is 10.6 Å². The summed E-state index contributed by atoms with van der Waals surface area (Å²) < 4.78 is 0. The molecule has 1 heterocycles. The number of carbonyl (C=O) groups excluding carboxylic acids is 3. The summed E-state index contributed by atoms with van der Waals surface area (Å²) in [5.41, 5.74) is 2.36. The molecule has 3 amide bonds. The van der Waals surface area contributed by atoms with Crippen molar-refractivity contribution in [1.29, 1.82) is 0 Å². The van der Waals surface area contributed by atoms with Gasteiger partial charge in [0.25, 0.3) is 5.91 Å². The van der Waals surface area contributed by atoms with Crippen molar-refractivity contribution < 1.29 is 14.4 Å². The molecule has 0 bridgehead atoms. The van der Waals surface area contributed by atoms with Gasteiger partial charge in [0.1, 0.15) is 0 Å². The summed E-state index contributed by atoms with van der Waals surface area (Å²) >= 11 is 1.57. The minimum absolute atomic E-state index is 0.194. The highest BCUT2D eigenvalue weighted by atomic mass is 32.1. The number of carbonyl (C=O) groups is 3. The third-order valence-corrected chi connectivity index (χ3v) is 3.90. The second-order valence-corrected chi connectivity index (χ2v) is 6.23. The van der Waals surface area contributed by atoms with Crippen molar-refractivity contribution in [3.63, 3.8) is 0 Å². The SMILES string of the molecule is CC(=O)Nc1cc(NC(C)=O)cc(C(=O)N(C)Cc2ccsc2)c1.